The van der Waals surface area contributed by atoms with Gasteiger partial charge in [-0.2, -0.15) is 0 Å². The molecule has 4 N–H and O–H groups in total. The molecule has 0 heterocycles. The molecule has 7 heavy (non-hydrogen) atoms. The molecule has 5 nitrogen and oxygen atoms in total. The van der Waals surface area contributed by atoms with E-state index in [-0.39, 0.29) is 17.1 Å². The van der Waals surface area contributed by atoms with Gasteiger partial charge in [-0.05, 0) is 0 Å². The molecule has 0 aromatic heterocycles. The molecule has 0 spiro atoms. The van der Waals surface area contributed by atoms with E-state index < -0.39 is 10.8 Å². The summed E-state index contributed by atoms with van der Waals surface area (Å²) in [5, 5.41) is 6.50. The molecule has 0 aromatic rings. The Balaban J connectivity index is -0.0000000480. The van der Waals surface area contributed by atoms with E-state index in [1.807, 2.05) is 0 Å². The summed E-state index contributed by atoms with van der Waals surface area (Å²) in [6, 6.07) is 0. The molecule has 0 aliphatic carbocycles. The van der Waals surface area contributed by atoms with E-state index in [1.54, 1.807) is 0 Å². The first kappa shape index (κ1) is 15.6. The van der Waals surface area contributed by atoms with Crippen LogP contribution < -0.4 is 15.2 Å². The average Bonchev–Trinajstić information content (AvgIpc) is 1.41. The summed E-state index contributed by atoms with van der Waals surface area (Å²) in [5.41, 5.74) is 0. The van der Waals surface area contributed by atoms with E-state index >= 15 is 0 Å². The van der Waals surface area contributed by atoms with E-state index in [0.717, 1.165) is 0 Å². The number of nitrogens with two attached hydrogens (primary N) is 1. The Hall–Kier alpha value is 0.609. The van der Waals surface area contributed by atoms with Gasteiger partial charge in [-0.25, -0.2) is 5.90 Å². The monoisotopic (exact) mass is 180 g/mol. The van der Waals surface area contributed by atoms with Gasteiger partial charge in [-0.3, -0.25) is 0 Å². The molecule has 0 saturated carbocycles. The van der Waals surface area contributed by atoms with E-state index in [4.69, 9.17) is 19.2 Å². The summed E-state index contributed by atoms with van der Waals surface area (Å²) in [4.78, 5) is 0. The summed E-state index contributed by atoms with van der Waals surface area (Å²) in [6.07, 6.45) is 0. The maximum Gasteiger partial charge on any atom is 0.282 e. The van der Waals surface area contributed by atoms with Gasteiger partial charge in [0.2, 0.25) is 0 Å². The SMILES string of the molecule is NO.[Cu].[O-][Cl+2]([O-])O. The van der Waals surface area contributed by atoms with Crippen LogP contribution in [0.3, 0.4) is 0 Å². The van der Waals surface area contributed by atoms with Gasteiger partial charge in [-0.1, -0.05) is 0 Å². The quantitative estimate of drug-likeness (QED) is 0.264. The first-order valence-corrected chi connectivity index (χ1v) is 1.69. The summed E-state index contributed by atoms with van der Waals surface area (Å²) < 4.78 is 24.0. The average molecular weight is 181 g/mol. The molecule has 0 fully saturated rings. The summed E-state index contributed by atoms with van der Waals surface area (Å²) >= 11 is 0. The van der Waals surface area contributed by atoms with Crippen molar-refractivity contribution in [1.29, 1.82) is 0 Å². The number of hydrogen-bond donors (Lipinski definition) is 3. The van der Waals surface area contributed by atoms with Gasteiger partial charge in [0.05, 0.1) is 0 Å². The molecule has 0 rings (SSSR count). The molecule has 0 saturated heterocycles. The van der Waals surface area contributed by atoms with Crippen molar-refractivity contribution in [3.05, 3.63) is 0 Å². The van der Waals surface area contributed by atoms with E-state index in [0.29, 0.717) is 0 Å². The topological polar surface area (TPSA) is 113 Å². The standard InChI is InChI=1S/ClHO3.Cu.H3NO/c2-1(3)4;;1-2/h2H;;2H,1H2. The van der Waals surface area contributed by atoms with Crippen molar-refractivity contribution in [3.63, 3.8) is 0 Å². The zero-order valence-corrected chi connectivity index (χ0v) is 4.67. The first-order chi connectivity index (χ1) is 2.73. The third kappa shape index (κ3) is 378. The molecule has 0 atom stereocenters. The van der Waals surface area contributed by atoms with Gasteiger partial charge in [-0.15, -0.1) is 0 Å². The van der Waals surface area contributed by atoms with Crippen molar-refractivity contribution < 1.29 is 47.0 Å². The zero-order valence-electron chi connectivity index (χ0n) is 2.97. The molecule has 0 aliphatic heterocycles. The Morgan fingerprint density at radius 3 is 1.29 bits per heavy atom. The van der Waals surface area contributed by atoms with Crippen molar-refractivity contribution in [3.8, 4) is 0 Å². The van der Waals surface area contributed by atoms with E-state index in [1.165, 1.54) is 0 Å². The van der Waals surface area contributed by atoms with Crippen LogP contribution in [-0.4, -0.2) is 9.87 Å². The molecule has 0 aromatic carbocycles. The van der Waals surface area contributed by atoms with Gasteiger partial charge in [0.1, 0.15) is 0 Å². The van der Waals surface area contributed by atoms with Crippen LogP contribution in [0.5, 0.6) is 0 Å². The van der Waals surface area contributed by atoms with Crippen LogP contribution in [0.4, 0.5) is 0 Å². The molecule has 0 aliphatic rings. The molecular weight excluding hydrogens is 177 g/mol. The fourth-order valence-electron chi connectivity index (χ4n) is 0. The predicted octanol–water partition coefficient (Wildman–Crippen LogP) is -3.60. The van der Waals surface area contributed by atoms with Gasteiger partial charge < -0.3 is 14.5 Å². The molecule has 51 valence electrons. The van der Waals surface area contributed by atoms with Gasteiger partial charge in [0, 0.05) is 21.7 Å². The minimum absolute atomic E-state index is 0. The summed E-state index contributed by atoms with van der Waals surface area (Å²) in [6.45, 7) is 0. The summed E-state index contributed by atoms with van der Waals surface area (Å²) in [5.74, 6) is 3.50. The Morgan fingerprint density at radius 1 is 1.29 bits per heavy atom. The fraction of sp³-hybridized carbons (Fsp3) is 0. The minimum atomic E-state index is -2.60. The maximum atomic E-state index is 8.52. The van der Waals surface area contributed by atoms with Crippen LogP contribution in [0.2, 0.25) is 0 Å². The predicted molar refractivity (Wildman–Crippen MR) is 8.19 cm³/mol. The normalized spacial score (nSPS) is 6.00. The molecule has 0 unspecified atom stereocenters. The second-order valence-electron chi connectivity index (χ2n) is 0.201. The maximum absolute atomic E-state index is 8.52. The molecule has 0 bridgehead atoms. The molecule has 0 amide bonds. The van der Waals surface area contributed by atoms with Crippen molar-refractivity contribution in [2.24, 2.45) is 5.90 Å². The van der Waals surface area contributed by atoms with Crippen molar-refractivity contribution >= 4 is 0 Å². The number of rotatable bonds is 0. The molecular formula is H4ClCuNO4. The van der Waals surface area contributed by atoms with Gasteiger partial charge in [0.15, 0.2) is 0 Å². The van der Waals surface area contributed by atoms with Crippen LogP contribution in [0.25, 0.3) is 0 Å². The summed E-state index contributed by atoms with van der Waals surface area (Å²) in [7, 11) is -2.60. The van der Waals surface area contributed by atoms with Crippen LogP contribution in [0.1, 0.15) is 0 Å². The smallest absolute Gasteiger partial charge is 0.282 e. The van der Waals surface area contributed by atoms with E-state index in [2.05, 4.69) is 5.90 Å². The third-order valence-electron chi connectivity index (χ3n) is 0. The van der Waals surface area contributed by atoms with Gasteiger partial charge in [0.25, 0.3) is 10.8 Å². The van der Waals surface area contributed by atoms with Crippen LogP contribution in [0, 0.1) is 10.8 Å². The van der Waals surface area contributed by atoms with Crippen LogP contribution in [0.15, 0.2) is 0 Å². The molecule has 7 heteroatoms. The Labute approximate surface area is 53.6 Å². The van der Waals surface area contributed by atoms with Crippen molar-refractivity contribution in [1.82, 2.24) is 0 Å². The largest absolute Gasteiger partial charge is 0.321 e. The number of halogens is 1. The first-order valence-electron chi connectivity index (χ1n) is 0.736. The zero-order chi connectivity index (χ0) is 5.58. The third-order valence-corrected chi connectivity index (χ3v) is 0. The molecule has 1 radical (unpaired) electrons. The Kier molecular flexibility index (Phi) is 35.7. The van der Waals surface area contributed by atoms with Gasteiger partial charge >= 0.3 is 0 Å². The van der Waals surface area contributed by atoms with Crippen molar-refractivity contribution in [2.45, 2.75) is 0 Å². The second kappa shape index (κ2) is 16.0. The van der Waals surface area contributed by atoms with Crippen LogP contribution >= 0.6 is 0 Å². The van der Waals surface area contributed by atoms with Crippen LogP contribution in [-0.2, 0) is 17.1 Å². The fourth-order valence-corrected chi connectivity index (χ4v) is 0. The number of hydrogen-bond acceptors (Lipinski definition) is 5. The van der Waals surface area contributed by atoms with E-state index in [9.17, 15) is 0 Å². The second-order valence-corrected chi connectivity index (χ2v) is 0.603. The Bertz CT molecular complexity index is 16.4. The minimum Gasteiger partial charge on any atom is -0.321 e. The Morgan fingerprint density at radius 2 is 1.29 bits per heavy atom. The van der Waals surface area contributed by atoms with Crippen molar-refractivity contribution in [2.75, 3.05) is 0 Å².